The second kappa shape index (κ2) is 7.48. The van der Waals surface area contributed by atoms with E-state index in [1.807, 2.05) is 24.3 Å². The highest BCUT2D eigenvalue weighted by Gasteiger charge is 2.13. The lowest BCUT2D eigenvalue weighted by Gasteiger charge is -2.04. The summed E-state index contributed by atoms with van der Waals surface area (Å²) in [5.41, 5.74) is 1.17. The molecule has 25 heavy (non-hydrogen) atoms. The van der Waals surface area contributed by atoms with Gasteiger partial charge in [0.2, 0.25) is 5.82 Å². The molecular weight excluding hydrogens is 324 g/mol. The second-order valence-electron chi connectivity index (χ2n) is 5.02. The number of benzene rings is 2. The molecule has 0 bridgehead atoms. The fourth-order valence-electron chi connectivity index (χ4n) is 2.20. The van der Waals surface area contributed by atoms with Crippen molar-refractivity contribution in [1.82, 2.24) is 10.1 Å². The van der Waals surface area contributed by atoms with Gasteiger partial charge in [-0.2, -0.15) is 4.98 Å². The number of methoxy groups -OCH3 is 2. The van der Waals surface area contributed by atoms with Crippen molar-refractivity contribution in [2.75, 3.05) is 14.2 Å². The van der Waals surface area contributed by atoms with Crippen LogP contribution in [0.15, 0.2) is 53.1 Å². The minimum atomic E-state index is -0.397. The van der Waals surface area contributed by atoms with Crippen molar-refractivity contribution in [1.29, 1.82) is 0 Å². The first-order chi connectivity index (χ1) is 12.2. The molecule has 0 N–H and O–H groups in total. The fourth-order valence-corrected chi connectivity index (χ4v) is 2.20. The van der Waals surface area contributed by atoms with Gasteiger partial charge in [-0.3, -0.25) is 0 Å². The summed E-state index contributed by atoms with van der Waals surface area (Å²) in [4.78, 5) is 15.7. The Morgan fingerprint density at radius 3 is 2.56 bits per heavy atom. The van der Waals surface area contributed by atoms with Crippen molar-refractivity contribution in [3.8, 4) is 23.0 Å². The van der Waals surface area contributed by atoms with Crippen LogP contribution in [0.2, 0.25) is 0 Å². The summed E-state index contributed by atoms with van der Waals surface area (Å²) in [5.74, 6) is 1.59. The number of carbonyl (C=O) groups is 1. The van der Waals surface area contributed by atoms with Crippen LogP contribution in [0.3, 0.4) is 0 Å². The lowest BCUT2D eigenvalue weighted by molar-refractivity contribution is 0.0600. The Balaban J connectivity index is 1.67. The quantitative estimate of drug-likeness (QED) is 0.637. The molecule has 0 fully saturated rings. The van der Waals surface area contributed by atoms with Crippen molar-refractivity contribution in [2.24, 2.45) is 0 Å². The van der Waals surface area contributed by atoms with Crippen LogP contribution in [-0.2, 0) is 11.3 Å². The minimum Gasteiger partial charge on any atom is -0.496 e. The topological polar surface area (TPSA) is 83.7 Å². The van der Waals surface area contributed by atoms with Gasteiger partial charge in [0.1, 0.15) is 11.5 Å². The average molecular weight is 340 g/mol. The summed E-state index contributed by atoms with van der Waals surface area (Å²) in [5, 5.41) is 3.90. The number of para-hydroxylation sites is 1. The van der Waals surface area contributed by atoms with E-state index in [-0.39, 0.29) is 6.61 Å². The van der Waals surface area contributed by atoms with E-state index in [9.17, 15) is 4.79 Å². The van der Waals surface area contributed by atoms with Gasteiger partial charge in [0.15, 0.2) is 6.61 Å². The zero-order valence-electron chi connectivity index (χ0n) is 13.8. The van der Waals surface area contributed by atoms with Crippen LogP contribution in [0.5, 0.6) is 11.5 Å². The molecule has 1 aromatic heterocycles. The molecular formula is C18H16N2O5. The molecule has 3 rings (SSSR count). The van der Waals surface area contributed by atoms with Gasteiger partial charge < -0.3 is 18.7 Å². The molecule has 0 atom stereocenters. The third-order valence-corrected chi connectivity index (χ3v) is 3.45. The number of ether oxygens (including phenoxy) is 3. The molecule has 0 spiro atoms. The normalized spacial score (nSPS) is 10.3. The summed E-state index contributed by atoms with van der Waals surface area (Å²) in [6, 6.07) is 14.0. The molecule has 2 aromatic carbocycles. The monoisotopic (exact) mass is 340 g/mol. The summed E-state index contributed by atoms with van der Waals surface area (Å²) in [6.07, 6.45) is 0. The molecule has 7 heteroatoms. The molecule has 0 aliphatic carbocycles. The zero-order valence-corrected chi connectivity index (χ0v) is 13.8. The van der Waals surface area contributed by atoms with Crippen LogP contribution in [-0.4, -0.2) is 30.3 Å². The summed E-state index contributed by atoms with van der Waals surface area (Å²) >= 11 is 0. The molecule has 7 nitrogen and oxygen atoms in total. The Hall–Kier alpha value is -3.35. The van der Waals surface area contributed by atoms with Crippen LogP contribution in [0, 0.1) is 0 Å². The number of esters is 1. The van der Waals surface area contributed by atoms with Crippen molar-refractivity contribution < 1.29 is 23.5 Å². The summed E-state index contributed by atoms with van der Waals surface area (Å²) in [7, 11) is 2.92. The van der Waals surface area contributed by atoms with Crippen molar-refractivity contribution >= 4 is 5.97 Å². The van der Waals surface area contributed by atoms with E-state index in [0.717, 1.165) is 0 Å². The van der Waals surface area contributed by atoms with Gasteiger partial charge in [-0.25, -0.2) is 4.79 Å². The van der Waals surface area contributed by atoms with Crippen LogP contribution < -0.4 is 9.47 Å². The molecule has 1 heterocycles. The van der Waals surface area contributed by atoms with Gasteiger partial charge in [0.25, 0.3) is 5.89 Å². The average Bonchev–Trinajstić information content (AvgIpc) is 3.15. The van der Waals surface area contributed by atoms with Gasteiger partial charge in [0.05, 0.1) is 25.3 Å². The maximum atomic E-state index is 11.4. The zero-order chi connectivity index (χ0) is 17.6. The van der Waals surface area contributed by atoms with Gasteiger partial charge >= 0.3 is 5.97 Å². The molecule has 0 aliphatic rings. The van der Waals surface area contributed by atoms with Gasteiger partial charge in [0, 0.05) is 0 Å². The Kier molecular flexibility index (Phi) is 4.94. The first-order valence-corrected chi connectivity index (χ1v) is 7.48. The van der Waals surface area contributed by atoms with Crippen LogP contribution in [0.1, 0.15) is 16.2 Å². The number of hydrogen-bond donors (Lipinski definition) is 0. The summed E-state index contributed by atoms with van der Waals surface area (Å²) < 4.78 is 20.8. The third-order valence-electron chi connectivity index (χ3n) is 3.45. The highest BCUT2D eigenvalue weighted by molar-refractivity contribution is 5.89. The number of nitrogens with zero attached hydrogens (tertiary/aromatic N) is 2. The van der Waals surface area contributed by atoms with E-state index in [2.05, 4.69) is 14.9 Å². The van der Waals surface area contributed by atoms with Gasteiger partial charge in [-0.05, 0) is 36.4 Å². The predicted octanol–water partition coefficient (Wildman–Crippen LogP) is 3.11. The fraction of sp³-hybridized carbons (Fsp3) is 0.167. The maximum Gasteiger partial charge on any atom is 0.337 e. The number of carbonyl (C=O) groups excluding carboxylic acids is 1. The molecule has 0 radical (unpaired) electrons. The molecule has 0 saturated heterocycles. The van der Waals surface area contributed by atoms with E-state index >= 15 is 0 Å². The number of aromatic nitrogens is 2. The lowest BCUT2D eigenvalue weighted by atomic mass is 10.2. The van der Waals surface area contributed by atoms with Crippen molar-refractivity contribution in [3.05, 3.63) is 59.9 Å². The first kappa shape index (κ1) is 16.5. The van der Waals surface area contributed by atoms with Crippen LogP contribution in [0.4, 0.5) is 0 Å². The highest BCUT2D eigenvalue weighted by Crippen LogP contribution is 2.28. The maximum absolute atomic E-state index is 11.4. The van der Waals surface area contributed by atoms with E-state index in [1.165, 1.54) is 7.11 Å². The Morgan fingerprint density at radius 1 is 1.08 bits per heavy atom. The molecule has 0 unspecified atom stereocenters. The molecule has 0 amide bonds. The Labute approximate surface area is 144 Å². The Bertz CT molecular complexity index is 858. The summed E-state index contributed by atoms with van der Waals surface area (Å²) in [6.45, 7) is 0.135. The lowest BCUT2D eigenvalue weighted by Crippen LogP contribution is -2.01. The Morgan fingerprint density at radius 2 is 1.84 bits per heavy atom. The van der Waals surface area contributed by atoms with Crippen molar-refractivity contribution in [2.45, 2.75) is 6.61 Å². The van der Waals surface area contributed by atoms with Crippen LogP contribution in [0.25, 0.3) is 11.5 Å². The van der Waals surface area contributed by atoms with E-state index < -0.39 is 5.97 Å². The molecule has 0 aliphatic heterocycles. The molecule has 3 aromatic rings. The third kappa shape index (κ3) is 3.77. The SMILES string of the molecule is COC(=O)c1ccc(OCc2noc(-c3ccccc3OC)n2)cc1. The smallest absolute Gasteiger partial charge is 0.337 e. The van der Waals surface area contributed by atoms with E-state index in [4.69, 9.17) is 14.0 Å². The molecule has 0 saturated carbocycles. The predicted molar refractivity (Wildman–Crippen MR) is 88.4 cm³/mol. The standard InChI is InChI=1S/C18H16N2O5/c1-22-15-6-4-3-5-14(15)17-19-16(20-25-17)11-24-13-9-7-12(8-10-13)18(21)23-2/h3-10H,11H2,1-2H3. The number of rotatable bonds is 6. The first-order valence-electron chi connectivity index (χ1n) is 7.48. The highest BCUT2D eigenvalue weighted by atomic mass is 16.5. The van der Waals surface area contributed by atoms with E-state index in [1.54, 1.807) is 31.4 Å². The minimum absolute atomic E-state index is 0.135. The van der Waals surface area contributed by atoms with Gasteiger partial charge in [-0.1, -0.05) is 17.3 Å². The molecule has 128 valence electrons. The number of hydrogen-bond acceptors (Lipinski definition) is 7. The van der Waals surface area contributed by atoms with Crippen molar-refractivity contribution in [3.63, 3.8) is 0 Å². The second-order valence-corrected chi connectivity index (χ2v) is 5.02. The van der Waals surface area contributed by atoms with E-state index in [0.29, 0.717) is 34.3 Å². The van der Waals surface area contributed by atoms with Crippen LogP contribution >= 0.6 is 0 Å². The largest absolute Gasteiger partial charge is 0.496 e. The van der Waals surface area contributed by atoms with Gasteiger partial charge in [-0.15, -0.1) is 0 Å².